The Kier molecular flexibility index (Phi) is 6.74. The van der Waals surface area contributed by atoms with E-state index in [-0.39, 0.29) is 0 Å². The SMILES string of the molecule is CCCNC(CSCC)CC1CCOc2ccccc21. The summed E-state index contributed by atoms with van der Waals surface area (Å²) in [5.41, 5.74) is 1.41. The van der Waals surface area contributed by atoms with Gasteiger partial charge in [-0.2, -0.15) is 11.8 Å². The fourth-order valence-corrected chi connectivity index (χ4v) is 3.60. The van der Waals surface area contributed by atoms with E-state index in [1.54, 1.807) is 0 Å². The average molecular weight is 293 g/mol. The molecule has 0 radical (unpaired) electrons. The van der Waals surface area contributed by atoms with Crippen LogP contribution in [0.4, 0.5) is 0 Å². The zero-order chi connectivity index (χ0) is 14.2. The van der Waals surface area contributed by atoms with Gasteiger partial charge in [0.2, 0.25) is 0 Å². The molecule has 2 unspecified atom stereocenters. The van der Waals surface area contributed by atoms with Crippen LogP contribution in [0.25, 0.3) is 0 Å². The molecule has 2 rings (SSSR count). The molecule has 0 fully saturated rings. The molecule has 2 nitrogen and oxygen atoms in total. The third-order valence-electron chi connectivity index (χ3n) is 3.86. The van der Waals surface area contributed by atoms with Crippen LogP contribution >= 0.6 is 11.8 Å². The van der Waals surface area contributed by atoms with E-state index in [9.17, 15) is 0 Å². The van der Waals surface area contributed by atoms with Gasteiger partial charge < -0.3 is 10.1 Å². The Bertz CT molecular complexity index is 388. The first-order chi connectivity index (χ1) is 9.85. The van der Waals surface area contributed by atoms with Crippen molar-refractivity contribution in [2.45, 2.75) is 45.1 Å². The Morgan fingerprint density at radius 1 is 1.35 bits per heavy atom. The number of fused-ring (bicyclic) bond motifs is 1. The van der Waals surface area contributed by atoms with E-state index < -0.39 is 0 Å². The standard InChI is InChI=1S/C17H27NOS/c1-3-10-18-15(13-20-4-2)12-14-9-11-19-17-8-6-5-7-16(14)17/h5-8,14-15,18H,3-4,9-13H2,1-2H3. The van der Waals surface area contributed by atoms with Crippen molar-refractivity contribution in [2.75, 3.05) is 24.7 Å². The van der Waals surface area contributed by atoms with Crippen molar-refractivity contribution in [3.05, 3.63) is 29.8 Å². The number of hydrogen-bond donors (Lipinski definition) is 1. The third kappa shape index (κ3) is 4.42. The quantitative estimate of drug-likeness (QED) is 0.781. The summed E-state index contributed by atoms with van der Waals surface area (Å²) in [5.74, 6) is 4.16. The van der Waals surface area contributed by atoms with Gasteiger partial charge in [0.15, 0.2) is 0 Å². The Morgan fingerprint density at radius 2 is 2.20 bits per heavy atom. The molecule has 0 saturated heterocycles. The zero-order valence-electron chi connectivity index (χ0n) is 12.7. The highest BCUT2D eigenvalue weighted by Gasteiger charge is 2.24. The normalized spacial score (nSPS) is 19.2. The monoisotopic (exact) mass is 293 g/mol. The molecular weight excluding hydrogens is 266 g/mol. The molecule has 0 amide bonds. The molecule has 20 heavy (non-hydrogen) atoms. The van der Waals surface area contributed by atoms with Crippen molar-refractivity contribution in [1.29, 1.82) is 0 Å². The molecule has 1 N–H and O–H groups in total. The van der Waals surface area contributed by atoms with Crippen molar-refractivity contribution in [1.82, 2.24) is 5.32 Å². The summed E-state index contributed by atoms with van der Waals surface area (Å²) in [6.45, 7) is 6.47. The molecule has 1 aromatic rings. The van der Waals surface area contributed by atoms with Crippen molar-refractivity contribution in [3.8, 4) is 5.75 Å². The highest BCUT2D eigenvalue weighted by Crippen LogP contribution is 2.36. The summed E-state index contributed by atoms with van der Waals surface area (Å²) >= 11 is 2.04. The van der Waals surface area contributed by atoms with Gasteiger partial charge in [0.05, 0.1) is 6.61 Å². The van der Waals surface area contributed by atoms with Crippen molar-refractivity contribution >= 4 is 11.8 Å². The molecule has 0 aromatic heterocycles. The van der Waals surface area contributed by atoms with E-state index in [4.69, 9.17) is 4.74 Å². The van der Waals surface area contributed by atoms with Crippen LogP contribution in [-0.4, -0.2) is 30.7 Å². The minimum Gasteiger partial charge on any atom is -0.493 e. The number of para-hydroxylation sites is 1. The molecule has 3 heteroatoms. The first kappa shape index (κ1) is 15.7. The number of ether oxygens (including phenoxy) is 1. The minimum atomic E-state index is 0.621. The number of nitrogens with one attached hydrogen (secondary N) is 1. The van der Waals surface area contributed by atoms with Gasteiger partial charge in [-0.1, -0.05) is 32.0 Å². The van der Waals surface area contributed by atoms with Crippen LogP contribution in [0, 0.1) is 0 Å². The lowest BCUT2D eigenvalue weighted by Crippen LogP contribution is -2.34. The predicted octanol–water partition coefficient (Wildman–Crippen LogP) is 4.06. The molecule has 0 bridgehead atoms. The van der Waals surface area contributed by atoms with Crippen molar-refractivity contribution in [3.63, 3.8) is 0 Å². The molecule has 1 heterocycles. The Morgan fingerprint density at radius 3 is 3.00 bits per heavy atom. The molecule has 1 aliphatic heterocycles. The third-order valence-corrected chi connectivity index (χ3v) is 4.90. The molecule has 112 valence electrons. The van der Waals surface area contributed by atoms with E-state index in [0.29, 0.717) is 12.0 Å². The summed E-state index contributed by atoms with van der Waals surface area (Å²) in [6, 6.07) is 9.17. The summed E-state index contributed by atoms with van der Waals surface area (Å²) in [4.78, 5) is 0. The molecule has 1 aliphatic rings. The number of rotatable bonds is 8. The van der Waals surface area contributed by atoms with Gasteiger partial charge in [-0.05, 0) is 49.1 Å². The van der Waals surface area contributed by atoms with Gasteiger partial charge in [-0.15, -0.1) is 0 Å². The van der Waals surface area contributed by atoms with E-state index >= 15 is 0 Å². The lowest BCUT2D eigenvalue weighted by molar-refractivity contribution is 0.257. The fraction of sp³-hybridized carbons (Fsp3) is 0.647. The van der Waals surface area contributed by atoms with Crippen molar-refractivity contribution in [2.24, 2.45) is 0 Å². The van der Waals surface area contributed by atoms with Crippen LogP contribution in [0.3, 0.4) is 0 Å². The summed E-state index contributed by atoms with van der Waals surface area (Å²) in [6.07, 6.45) is 3.59. The maximum Gasteiger partial charge on any atom is 0.122 e. The van der Waals surface area contributed by atoms with Gasteiger partial charge >= 0.3 is 0 Å². The summed E-state index contributed by atoms with van der Waals surface area (Å²) in [5, 5.41) is 3.72. The number of hydrogen-bond acceptors (Lipinski definition) is 3. The zero-order valence-corrected chi connectivity index (χ0v) is 13.5. The second-order valence-electron chi connectivity index (χ2n) is 5.42. The van der Waals surface area contributed by atoms with Gasteiger partial charge in [0.1, 0.15) is 5.75 Å². The molecule has 0 aliphatic carbocycles. The second-order valence-corrected chi connectivity index (χ2v) is 6.74. The summed E-state index contributed by atoms with van der Waals surface area (Å²) in [7, 11) is 0. The molecule has 0 saturated carbocycles. The fourth-order valence-electron chi connectivity index (χ4n) is 2.82. The number of thioether (sulfide) groups is 1. The van der Waals surface area contributed by atoms with Gasteiger partial charge in [0, 0.05) is 11.8 Å². The number of benzene rings is 1. The molecule has 2 atom stereocenters. The van der Waals surface area contributed by atoms with E-state index in [2.05, 4.69) is 43.4 Å². The largest absolute Gasteiger partial charge is 0.493 e. The first-order valence-corrected chi connectivity index (χ1v) is 9.03. The van der Waals surface area contributed by atoms with E-state index in [0.717, 1.165) is 25.3 Å². The van der Waals surface area contributed by atoms with Gasteiger partial charge in [0.25, 0.3) is 0 Å². The average Bonchev–Trinajstić information content (AvgIpc) is 2.50. The smallest absolute Gasteiger partial charge is 0.122 e. The summed E-state index contributed by atoms with van der Waals surface area (Å²) < 4.78 is 5.77. The van der Waals surface area contributed by atoms with Gasteiger partial charge in [-0.3, -0.25) is 0 Å². The topological polar surface area (TPSA) is 21.3 Å². The molecule has 0 spiro atoms. The Labute approximate surface area is 127 Å². The van der Waals surface area contributed by atoms with Crippen LogP contribution in [0.15, 0.2) is 24.3 Å². The molecule has 1 aromatic carbocycles. The lowest BCUT2D eigenvalue weighted by Gasteiger charge is -2.29. The maximum absolute atomic E-state index is 5.77. The van der Waals surface area contributed by atoms with E-state index in [1.807, 2.05) is 11.8 Å². The Hall–Kier alpha value is -0.670. The lowest BCUT2D eigenvalue weighted by atomic mass is 9.88. The van der Waals surface area contributed by atoms with Crippen LogP contribution in [-0.2, 0) is 0 Å². The van der Waals surface area contributed by atoms with Crippen molar-refractivity contribution < 1.29 is 4.74 Å². The minimum absolute atomic E-state index is 0.621. The van der Waals surface area contributed by atoms with Crippen LogP contribution in [0.2, 0.25) is 0 Å². The predicted molar refractivity (Wildman–Crippen MR) is 89.0 cm³/mol. The van der Waals surface area contributed by atoms with Crippen LogP contribution < -0.4 is 10.1 Å². The highest BCUT2D eigenvalue weighted by atomic mass is 32.2. The first-order valence-electron chi connectivity index (χ1n) is 7.88. The molecular formula is C17H27NOS. The van der Waals surface area contributed by atoms with E-state index in [1.165, 1.54) is 29.9 Å². The highest BCUT2D eigenvalue weighted by molar-refractivity contribution is 7.99. The maximum atomic E-state index is 5.77. The van der Waals surface area contributed by atoms with Gasteiger partial charge in [-0.25, -0.2) is 0 Å². The Balaban J connectivity index is 1.99. The second kappa shape index (κ2) is 8.58. The van der Waals surface area contributed by atoms with Crippen LogP contribution in [0.1, 0.15) is 44.6 Å². The van der Waals surface area contributed by atoms with Crippen LogP contribution in [0.5, 0.6) is 5.75 Å².